The lowest BCUT2D eigenvalue weighted by atomic mass is 10.0. The van der Waals surface area contributed by atoms with Crippen molar-refractivity contribution in [2.75, 3.05) is 14.2 Å². The number of rotatable bonds is 4. The molecule has 0 aliphatic heterocycles. The lowest BCUT2D eigenvalue weighted by Crippen LogP contribution is -1.98. The fourth-order valence-corrected chi connectivity index (χ4v) is 2.93. The van der Waals surface area contributed by atoms with Crippen molar-refractivity contribution in [2.24, 2.45) is 0 Å². The molecule has 0 radical (unpaired) electrons. The van der Waals surface area contributed by atoms with E-state index in [9.17, 15) is 4.39 Å². The molecular formula is C15H13Br2FO2. The minimum atomic E-state index is -0.286. The van der Waals surface area contributed by atoms with E-state index < -0.39 is 0 Å². The topological polar surface area (TPSA) is 18.5 Å². The predicted octanol–water partition coefficient (Wildman–Crippen LogP) is 5.09. The van der Waals surface area contributed by atoms with Gasteiger partial charge in [-0.25, -0.2) is 4.39 Å². The average Bonchev–Trinajstić information content (AvgIpc) is 2.48. The molecule has 0 N–H and O–H groups in total. The summed E-state index contributed by atoms with van der Waals surface area (Å²) in [5.41, 5.74) is 1.84. The van der Waals surface area contributed by atoms with Crippen LogP contribution in [0.2, 0.25) is 0 Å². The molecular weight excluding hydrogens is 391 g/mol. The van der Waals surface area contributed by atoms with Crippen LogP contribution in [0.15, 0.2) is 40.9 Å². The Hall–Kier alpha value is -1.07. The van der Waals surface area contributed by atoms with Crippen molar-refractivity contribution in [3.8, 4) is 11.5 Å². The van der Waals surface area contributed by atoms with Crippen LogP contribution in [0.5, 0.6) is 11.5 Å². The van der Waals surface area contributed by atoms with E-state index in [0.29, 0.717) is 4.47 Å². The predicted molar refractivity (Wildman–Crippen MR) is 84.4 cm³/mol. The van der Waals surface area contributed by atoms with Gasteiger partial charge in [-0.05, 0) is 51.8 Å². The summed E-state index contributed by atoms with van der Waals surface area (Å²) in [6, 6.07) is 10.5. The SMILES string of the molecule is COc1ccc(OC)c(C(Br)c2ccc(F)c(Br)c2)c1. The summed E-state index contributed by atoms with van der Waals surface area (Å²) >= 11 is 6.83. The Labute approximate surface area is 134 Å². The summed E-state index contributed by atoms with van der Waals surface area (Å²) in [7, 11) is 3.23. The summed E-state index contributed by atoms with van der Waals surface area (Å²) in [5.74, 6) is 1.20. The van der Waals surface area contributed by atoms with Crippen LogP contribution >= 0.6 is 31.9 Å². The normalized spacial score (nSPS) is 12.1. The highest BCUT2D eigenvalue weighted by molar-refractivity contribution is 9.10. The zero-order chi connectivity index (χ0) is 14.7. The quantitative estimate of drug-likeness (QED) is 0.662. The number of alkyl halides is 1. The number of benzene rings is 2. The molecule has 0 heterocycles. The van der Waals surface area contributed by atoms with Crippen molar-refractivity contribution in [1.82, 2.24) is 0 Å². The van der Waals surface area contributed by atoms with E-state index in [1.54, 1.807) is 26.4 Å². The Bertz CT molecular complexity index is 617. The van der Waals surface area contributed by atoms with Gasteiger partial charge < -0.3 is 9.47 Å². The Morgan fingerprint density at radius 1 is 1.05 bits per heavy atom. The summed E-state index contributed by atoms with van der Waals surface area (Å²) < 4.78 is 24.4. The number of hydrogen-bond donors (Lipinski definition) is 0. The summed E-state index contributed by atoms with van der Waals surface area (Å²) in [6.07, 6.45) is 0. The van der Waals surface area contributed by atoms with Gasteiger partial charge in [0.15, 0.2) is 0 Å². The number of hydrogen-bond acceptors (Lipinski definition) is 2. The fourth-order valence-electron chi connectivity index (χ4n) is 1.89. The standard InChI is InChI=1S/C15H13Br2FO2/c1-19-10-4-6-14(20-2)11(8-10)15(17)9-3-5-13(18)12(16)7-9/h3-8,15H,1-2H3. The highest BCUT2D eigenvalue weighted by Gasteiger charge is 2.17. The molecule has 2 aromatic rings. The lowest BCUT2D eigenvalue weighted by Gasteiger charge is -2.16. The molecule has 5 heteroatoms. The first-order valence-electron chi connectivity index (χ1n) is 5.87. The Kier molecular flexibility index (Phi) is 5.05. The first-order valence-corrected chi connectivity index (χ1v) is 7.58. The summed E-state index contributed by atoms with van der Waals surface area (Å²) in [5, 5.41) is 0. The summed E-state index contributed by atoms with van der Waals surface area (Å²) in [6.45, 7) is 0. The van der Waals surface area contributed by atoms with E-state index in [-0.39, 0.29) is 10.6 Å². The maximum Gasteiger partial charge on any atom is 0.137 e. The van der Waals surface area contributed by atoms with Crippen molar-refractivity contribution in [3.05, 3.63) is 57.8 Å². The molecule has 0 bridgehead atoms. The van der Waals surface area contributed by atoms with Crippen LogP contribution in [0.3, 0.4) is 0 Å². The van der Waals surface area contributed by atoms with Gasteiger partial charge in [-0.1, -0.05) is 22.0 Å². The Morgan fingerprint density at radius 3 is 2.40 bits per heavy atom. The highest BCUT2D eigenvalue weighted by atomic mass is 79.9. The van der Waals surface area contributed by atoms with E-state index >= 15 is 0 Å². The van der Waals surface area contributed by atoms with Crippen LogP contribution in [0.4, 0.5) is 4.39 Å². The molecule has 20 heavy (non-hydrogen) atoms. The van der Waals surface area contributed by atoms with Gasteiger partial charge in [0, 0.05) is 5.56 Å². The van der Waals surface area contributed by atoms with E-state index in [2.05, 4.69) is 31.9 Å². The number of halogens is 3. The van der Waals surface area contributed by atoms with Crippen LogP contribution in [-0.2, 0) is 0 Å². The van der Waals surface area contributed by atoms with Crippen LogP contribution < -0.4 is 9.47 Å². The van der Waals surface area contributed by atoms with Crippen LogP contribution in [0.25, 0.3) is 0 Å². The molecule has 0 aliphatic carbocycles. The van der Waals surface area contributed by atoms with Gasteiger partial charge >= 0.3 is 0 Å². The van der Waals surface area contributed by atoms with Gasteiger partial charge in [0.2, 0.25) is 0 Å². The molecule has 0 aromatic heterocycles. The van der Waals surface area contributed by atoms with Crippen molar-refractivity contribution >= 4 is 31.9 Å². The minimum Gasteiger partial charge on any atom is -0.497 e. The second-order valence-corrected chi connectivity index (χ2v) is 5.91. The van der Waals surface area contributed by atoms with Gasteiger partial charge in [0.25, 0.3) is 0 Å². The maximum atomic E-state index is 13.3. The number of methoxy groups -OCH3 is 2. The van der Waals surface area contributed by atoms with Gasteiger partial charge in [0.1, 0.15) is 17.3 Å². The molecule has 2 aromatic carbocycles. The molecule has 0 amide bonds. The Morgan fingerprint density at radius 2 is 1.80 bits per heavy atom. The molecule has 0 saturated heterocycles. The molecule has 2 rings (SSSR count). The smallest absolute Gasteiger partial charge is 0.137 e. The highest BCUT2D eigenvalue weighted by Crippen LogP contribution is 2.39. The molecule has 0 saturated carbocycles. The third kappa shape index (κ3) is 3.15. The van der Waals surface area contributed by atoms with E-state index in [4.69, 9.17) is 9.47 Å². The third-order valence-corrected chi connectivity index (χ3v) is 4.58. The van der Waals surface area contributed by atoms with E-state index in [0.717, 1.165) is 22.6 Å². The molecule has 0 spiro atoms. The first-order chi connectivity index (χ1) is 9.56. The molecule has 106 valence electrons. The maximum absolute atomic E-state index is 13.3. The van der Waals surface area contributed by atoms with Crippen molar-refractivity contribution < 1.29 is 13.9 Å². The number of ether oxygens (including phenoxy) is 2. The third-order valence-electron chi connectivity index (χ3n) is 2.95. The Balaban J connectivity index is 2.45. The van der Waals surface area contributed by atoms with Crippen molar-refractivity contribution in [2.45, 2.75) is 4.83 Å². The zero-order valence-corrected chi connectivity index (χ0v) is 14.2. The van der Waals surface area contributed by atoms with Gasteiger partial charge in [-0.3, -0.25) is 0 Å². The molecule has 2 nitrogen and oxygen atoms in total. The van der Waals surface area contributed by atoms with Gasteiger partial charge in [0.05, 0.1) is 23.5 Å². The van der Waals surface area contributed by atoms with Crippen LogP contribution in [0, 0.1) is 5.82 Å². The van der Waals surface area contributed by atoms with Gasteiger partial charge in [-0.2, -0.15) is 0 Å². The largest absolute Gasteiger partial charge is 0.497 e. The van der Waals surface area contributed by atoms with E-state index in [1.165, 1.54) is 6.07 Å². The second-order valence-electron chi connectivity index (χ2n) is 4.14. The molecule has 1 unspecified atom stereocenters. The second kappa shape index (κ2) is 6.59. The minimum absolute atomic E-state index is 0.121. The average molecular weight is 404 g/mol. The lowest BCUT2D eigenvalue weighted by molar-refractivity contribution is 0.399. The van der Waals surface area contributed by atoms with Gasteiger partial charge in [-0.15, -0.1) is 0 Å². The van der Waals surface area contributed by atoms with Crippen LogP contribution in [-0.4, -0.2) is 14.2 Å². The van der Waals surface area contributed by atoms with Crippen molar-refractivity contribution in [1.29, 1.82) is 0 Å². The molecule has 0 aliphatic rings. The molecule has 0 fully saturated rings. The van der Waals surface area contributed by atoms with Crippen LogP contribution in [0.1, 0.15) is 16.0 Å². The first kappa shape index (κ1) is 15.3. The zero-order valence-electron chi connectivity index (χ0n) is 11.0. The van der Waals surface area contributed by atoms with E-state index in [1.807, 2.05) is 18.2 Å². The monoisotopic (exact) mass is 402 g/mol. The molecule has 1 atom stereocenters. The fraction of sp³-hybridized carbons (Fsp3) is 0.200. The van der Waals surface area contributed by atoms with Crippen molar-refractivity contribution in [3.63, 3.8) is 0 Å². The summed E-state index contributed by atoms with van der Waals surface area (Å²) in [4.78, 5) is -0.121.